The number of pyridine rings is 1. The average molecular weight is 475 g/mol. The minimum atomic E-state index is -0.465. The molecule has 0 radical (unpaired) electrons. The number of piperidine rings is 1. The van der Waals surface area contributed by atoms with Crippen LogP contribution in [0.3, 0.4) is 0 Å². The maximum absolute atomic E-state index is 13.4. The average Bonchev–Trinajstić information content (AvgIpc) is 2.81. The maximum atomic E-state index is 13.4. The first-order valence-electron chi connectivity index (χ1n) is 12.4. The molecule has 1 saturated heterocycles. The van der Waals surface area contributed by atoms with Gasteiger partial charge in [0.2, 0.25) is 5.91 Å². The molecule has 6 rings (SSSR count). The zero-order chi connectivity index (χ0) is 24.5. The van der Waals surface area contributed by atoms with Gasteiger partial charge in [0.05, 0.1) is 12.0 Å². The molecule has 3 aliphatic heterocycles. The van der Waals surface area contributed by atoms with Crippen LogP contribution in [0.25, 0.3) is 11.0 Å². The molecule has 1 fully saturated rings. The summed E-state index contributed by atoms with van der Waals surface area (Å²) < 4.78 is 13.6. The topological polar surface area (TPSA) is 81.8 Å². The maximum Gasteiger partial charge on any atom is 0.340 e. The number of likely N-dealkylation sites (tertiary alicyclic amines) is 1. The van der Waals surface area contributed by atoms with Gasteiger partial charge in [-0.2, -0.15) is 0 Å². The Kier molecular flexibility index (Phi) is 4.95. The van der Waals surface area contributed by atoms with Crippen molar-refractivity contribution < 1.29 is 13.9 Å². The lowest BCUT2D eigenvalue weighted by Gasteiger charge is -2.42. The fourth-order valence-electron chi connectivity index (χ4n) is 6.10. The third kappa shape index (κ3) is 3.77. The monoisotopic (exact) mass is 474 g/mol. The standard InChI is InChI=1S/C28H30N2O5/c1-16-20-10-18-7-8-28(2,3)35-23(18)12-24(20)34-27(33)21(16)11-26(32)29-13-17-9-19(15-29)22-5-4-6-25(31)30(22)14-17/h4-6,10,12,17,19H,7-9,11,13-15H2,1-3H3/t17-,19+/m0/s1. The van der Waals surface area contributed by atoms with E-state index in [9.17, 15) is 14.4 Å². The molecule has 0 N–H and O–H groups in total. The van der Waals surface area contributed by atoms with E-state index in [1.807, 2.05) is 34.6 Å². The molecule has 7 heteroatoms. The molecule has 0 unspecified atom stereocenters. The summed E-state index contributed by atoms with van der Waals surface area (Å²) in [6, 6.07) is 9.25. The zero-order valence-electron chi connectivity index (χ0n) is 20.4. The lowest BCUT2D eigenvalue weighted by Crippen LogP contribution is -2.49. The molecule has 182 valence electrons. The first-order chi connectivity index (χ1) is 16.7. The number of nitrogens with zero attached hydrogens (tertiary/aromatic N) is 2. The highest BCUT2D eigenvalue weighted by atomic mass is 16.5. The largest absolute Gasteiger partial charge is 0.487 e. The molecule has 0 aliphatic carbocycles. The predicted molar refractivity (Wildman–Crippen MR) is 132 cm³/mol. The summed E-state index contributed by atoms with van der Waals surface area (Å²) in [5.74, 6) is 1.09. The summed E-state index contributed by atoms with van der Waals surface area (Å²) in [6.07, 6.45) is 2.81. The number of hydrogen-bond acceptors (Lipinski definition) is 5. The van der Waals surface area contributed by atoms with Crippen molar-refractivity contribution >= 4 is 16.9 Å². The van der Waals surface area contributed by atoms with Crippen LogP contribution in [-0.2, 0) is 24.2 Å². The Hall–Kier alpha value is -3.35. The van der Waals surface area contributed by atoms with Crippen molar-refractivity contribution in [2.75, 3.05) is 13.1 Å². The Labute approximate surface area is 203 Å². The molecule has 0 spiro atoms. The Morgan fingerprint density at radius 1 is 1.14 bits per heavy atom. The molecule has 7 nitrogen and oxygen atoms in total. The minimum Gasteiger partial charge on any atom is -0.487 e. The Balaban J connectivity index is 1.28. The highest BCUT2D eigenvalue weighted by Crippen LogP contribution is 2.37. The van der Waals surface area contributed by atoms with E-state index < -0.39 is 5.63 Å². The summed E-state index contributed by atoms with van der Waals surface area (Å²) in [4.78, 5) is 40.5. The molecule has 1 amide bonds. The van der Waals surface area contributed by atoms with Crippen LogP contribution in [0.2, 0.25) is 0 Å². The molecule has 5 heterocycles. The van der Waals surface area contributed by atoms with Gasteiger partial charge in [0.1, 0.15) is 16.9 Å². The molecule has 35 heavy (non-hydrogen) atoms. The van der Waals surface area contributed by atoms with Gasteiger partial charge in [-0.3, -0.25) is 9.59 Å². The van der Waals surface area contributed by atoms with Crippen LogP contribution in [0.5, 0.6) is 5.75 Å². The van der Waals surface area contributed by atoms with Crippen LogP contribution in [0, 0.1) is 12.8 Å². The van der Waals surface area contributed by atoms with Crippen LogP contribution >= 0.6 is 0 Å². The van der Waals surface area contributed by atoms with E-state index in [1.54, 1.807) is 12.1 Å². The molecular weight excluding hydrogens is 444 g/mol. The summed E-state index contributed by atoms with van der Waals surface area (Å²) in [5, 5.41) is 0.860. The molecule has 0 saturated carbocycles. The molecular formula is C28H30N2O5. The van der Waals surface area contributed by atoms with Gasteiger partial charge in [-0.1, -0.05) is 6.07 Å². The van der Waals surface area contributed by atoms with Crippen molar-refractivity contribution in [3.05, 3.63) is 73.5 Å². The highest BCUT2D eigenvalue weighted by molar-refractivity contribution is 5.86. The number of carbonyl (C=O) groups is 1. The molecule has 3 aliphatic rings. The van der Waals surface area contributed by atoms with E-state index >= 15 is 0 Å². The van der Waals surface area contributed by atoms with Crippen molar-refractivity contribution in [1.82, 2.24) is 9.47 Å². The number of ether oxygens (including phenoxy) is 1. The van der Waals surface area contributed by atoms with Gasteiger partial charge in [0.25, 0.3) is 5.56 Å². The summed E-state index contributed by atoms with van der Waals surface area (Å²) >= 11 is 0. The van der Waals surface area contributed by atoms with Gasteiger partial charge in [0, 0.05) is 48.8 Å². The smallest absolute Gasteiger partial charge is 0.340 e. The first-order valence-corrected chi connectivity index (χ1v) is 12.4. The fraction of sp³-hybridized carbons (Fsp3) is 0.464. The van der Waals surface area contributed by atoms with Crippen molar-refractivity contribution in [2.45, 2.75) is 64.5 Å². The number of aryl methyl sites for hydroxylation is 2. The van der Waals surface area contributed by atoms with E-state index in [4.69, 9.17) is 9.15 Å². The minimum absolute atomic E-state index is 0.0196. The number of fused-ring (bicyclic) bond motifs is 6. The molecule has 3 aromatic rings. The van der Waals surface area contributed by atoms with Crippen molar-refractivity contribution in [1.29, 1.82) is 0 Å². The zero-order valence-corrected chi connectivity index (χ0v) is 20.4. The summed E-state index contributed by atoms with van der Waals surface area (Å²) in [6.45, 7) is 7.82. The third-order valence-electron chi connectivity index (χ3n) is 8.01. The quantitative estimate of drug-likeness (QED) is 0.531. The molecule has 2 atom stereocenters. The van der Waals surface area contributed by atoms with Crippen molar-refractivity contribution in [3.8, 4) is 5.75 Å². The van der Waals surface area contributed by atoms with Crippen molar-refractivity contribution in [2.24, 2.45) is 5.92 Å². The van der Waals surface area contributed by atoms with E-state index in [1.165, 1.54) is 0 Å². The number of carbonyl (C=O) groups excluding carboxylic acids is 1. The lowest BCUT2D eigenvalue weighted by molar-refractivity contribution is -0.133. The number of rotatable bonds is 2. The van der Waals surface area contributed by atoms with Gasteiger partial charge in [-0.05, 0) is 69.2 Å². The lowest BCUT2D eigenvalue weighted by atomic mass is 9.83. The van der Waals surface area contributed by atoms with Crippen LogP contribution < -0.4 is 15.9 Å². The van der Waals surface area contributed by atoms with Gasteiger partial charge >= 0.3 is 5.63 Å². The Bertz CT molecular complexity index is 1480. The second kappa shape index (κ2) is 7.83. The van der Waals surface area contributed by atoms with Gasteiger partial charge < -0.3 is 18.6 Å². The van der Waals surface area contributed by atoms with E-state index in [0.717, 1.165) is 47.2 Å². The second-order valence-electron chi connectivity index (χ2n) is 11.0. The van der Waals surface area contributed by atoms with Crippen LogP contribution in [0.1, 0.15) is 55.0 Å². The third-order valence-corrected chi connectivity index (χ3v) is 8.01. The predicted octanol–water partition coefficient (Wildman–Crippen LogP) is 3.56. The molecule has 1 aromatic carbocycles. The van der Waals surface area contributed by atoms with E-state index in [-0.39, 0.29) is 35.3 Å². The SMILES string of the molecule is Cc1c(CC(=O)N2C[C@@H]3C[C@H](C2)c2cccc(=O)n2C3)c(=O)oc2cc3c(cc12)CCC(C)(C)O3. The molecule has 2 bridgehead atoms. The van der Waals surface area contributed by atoms with E-state index in [2.05, 4.69) is 13.8 Å². The second-order valence-corrected chi connectivity index (χ2v) is 11.0. The fourth-order valence-corrected chi connectivity index (χ4v) is 6.10. The number of benzene rings is 1. The molecule has 2 aromatic heterocycles. The Morgan fingerprint density at radius 2 is 1.97 bits per heavy atom. The van der Waals surface area contributed by atoms with E-state index in [0.29, 0.717) is 30.8 Å². The van der Waals surface area contributed by atoms with Crippen LogP contribution in [0.15, 0.2) is 44.3 Å². The van der Waals surface area contributed by atoms with Crippen LogP contribution in [-0.4, -0.2) is 34.1 Å². The van der Waals surface area contributed by atoms with Gasteiger partial charge in [-0.25, -0.2) is 4.79 Å². The van der Waals surface area contributed by atoms with Gasteiger partial charge in [0.15, 0.2) is 0 Å². The van der Waals surface area contributed by atoms with Crippen LogP contribution in [0.4, 0.5) is 0 Å². The highest BCUT2D eigenvalue weighted by Gasteiger charge is 2.36. The number of aromatic nitrogens is 1. The Morgan fingerprint density at radius 3 is 2.80 bits per heavy atom. The first kappa shape index (κ1) is 22.1. The summed E-state index contributed by atoms with van der Waals surface area (Å²) in [5.41, 5.74) is 3.13. The summed E-state index contributed by atoms with van der Waals surface area (Å²) in [7, 11) is 0. The normalized spacial score (nSPS) is 22.3. The van der Waals surface area contributed by atoms with Crippen molar-refractivity contribution in [3.63, 3.8) is 0 Å². The van der Waals surface area contributed by atoms with Gasteiger partial charge in [-0.15, -0.1) is 0 Å². The number of amides is 1. The number of hydrogen-bond donors (Lipinski definition) is 0.